The van der Waals surface area contributed by atoms with Crippen molar-refractivity contribution >= 4 is 17.3 Å². The van der Waals surface area contributed by atoms with Crippen molar-refractivity contribution in [2.45, 2.75) is 82.4 Å². The number of rotatable bonds is 9. The summed E-state index contributed by atoms with van der Waals surface area (Å²) in [6.45, 7) is 3.96. The van der Waals surface area contributed by atoms with Crippen LogP contribution in [-0.4, -0.2) is 79.9 Å². The summed E-state index contributed by atoms with van der Waals surface area (Å²) in [5.74, 6) is -3.14. The van der Waals surface area contributed by atoms with Crippen LogP contribution < -0.4 is 4.74 Å². The Morgan fingerprint density at radius 1 is 0.885 bits per heavy atom. The van der Waals surface area contributed by atoms with Gasteiger partial charge in [0.05, 0.1) is 42.1 Å². The summed E-state index contributed by atoms with van der Waals surface area (Å²) in [7, 11) is 1.36. The van der Waals surface area contributed by atoms with E-state index in [4.69, 9.17) is 14.2 Å². The van der Waals surface area contributed by atoms with Gasteiger partial charge in [-0.15, -0.1) is 0 Å². The van der Waals surface area contributed by atoms with Gasteiger partial charge in [0.25, 0.3) is 0 Å². The number of aliphatic hydroxyl groups excluding tert-OH is 1. The number of ether oxygens (including phenoxy) is 3. The number of ketones is 3. The number of fused-ring (bicyclic) bond motifs is 3. The summed E-state index contributed by atoms with van der Waals surface area (Å²) in [6.07, 6.45) is -4.50. The Balaban J connectivity index is 1.28. The number of carbonyl (C=O) groups excluding carboxylic acids is 3. The molecule has 11 heteroatoms. The predicted octanol–water partition coefficient (Wildman–Crippen LogP) is 4.77. The van der Waals surface area contributed by atoms with Gasteiger partial charge >= 0.3 is 0 Å². The van der Waals surface area contributed by atoms with Crippen molar-refractivity contribution in [3.8, 4) is 17.2 Å². The molecule has 11 nitrogen and oxygen atoms in total. The lowest BCUT2D eigenvalue weighted by atomic mass is 9.72. The number of benzene rings is 4. The third-order valence-corrected chi connectivity index (χ3v) is 10.6. The largest absolute Gasteiger partial charge is 0.507 e. The molecule has 270 valence electrons. The van der Waals surface area contributed by atoms with E-state index in [9.17, 15) is 34.8 Å². The molecule has 0 aromatic heterocycles. The smallest absolute Gasteiger partial charge is 0.202 e. The maximum atomic E-state index is 14.0. The molecule has 52 heavy (non-hydrogen) atoms. The van der Waals surface area contributed by atoms with Crippen molar-refractivity contribution in [3.05, 3.63) is 123 Å². The highest BCUT2D eigenvalue weighted by atomic mass is 16.7. The van der Waals surface area contributed by atoms with Crippen molar-refractivity contribution in [3.63, 3.8) is 0 Å². The fourth-order valence-electron chi connectivity index (χ4n) is 7.89. The lowest BCUT2D eigenvalue weighted by Crippen LogP contribution is -2.55. The zero-order valence-corrected chi connectivity index (χ0v) is 29.1. The first-order valence-corrected chi connectivity index (χ1v) is 17.3. The highest BCUT2D eigenvalue weighted by molar-refractivity contribution is 6.31. The van der Waals surface area contributed by atoms with Crippen LogP contribution >= 0.6 is 0 Å². The average molecular weight is 708 g/mol. The van der Waals surface area contributed by atoms with Gasteiger partial charge in [0.15, 0.2) is 17.9 Å². The minimum Gasteiger partial charge on any atom is -0.507 e. The molecule has 0 amide bonds. The highest BCUT2D eigenvalue weighted by Crippen LogP contribution is 2.52. The zero-order chi connectivity index (χ0) is 36.9. The molecular weight excluding hydrogens is 666 g/mol. The minimum atomic E-state index is -2.04. The van der Waals surface area contributed by atoms with Crippen LogP contribution in [0.1, 0.15) is 86.9 Å². The van der Waals surface area contributed by atoms with E-state index >= 15 is 0 Å². The standard InChI is InChI=1S/C41H41NO10/c1-22-36(44)28(42(20-24-11-6-4-7-12-24)21-25-13-8-5-9-14-25)17-31(51-22)52-30-19-41(49,23(2)43)18-27-33(30)40(48)35-34(38(27)46)37(45)26-15-10-16-29(50-3)32(26)39(35)47/h4-16,22,28,30-31,36,44,46,48-49H,17-21H2,1-3H3/t22?,28?,30-,31?,36?,41-/m0/s1. The van der Waals surface area contributed by atoms with Gasteiger partial charge in [-0.3, -0.25) is 19.3 Å². The summed E-state index contributed by atoms with van der Waals surface area (Å²) < 4.78 is 18.1. The molecule has 7 rings (SSSR count). The first kappa shape index (κ1) is 35.5. The van der Waals surface area contributed by atoms with Crippen molar-refractivity contribution in [2.75, 3.05) is 7.11 Å². The monoisotopic (exact) mass is 707 g/mol. The molecule has 2 aliphatic carbocycles. The van der Waals surface area contributed by atoms with Gasteiger partial charge in [0.1, 0.15) is 22.8 Å². The zero-order valence-electron chi connectivity index (χ0n) is 29.1. The summed E-state index contributed by atoms with van der Waals surface area (Å²) in [6, 6.07) is 23.8. The molecular formula is C41H41NO10. The van der Waals surface area contributed by atoms with Gasteiger partial charge < -0.3 is 34.6 Å². The molecule has 0 saturated carbocycles. The van der Waals surface area contributed by atoms with Crippen LogP contribution in [0.3, 0.4) is 0 Å². The Kier molecular flexibility index (Phi) is 9.49. The van der Waals surface area contributed by atoms with Crippen LogP contribution in [0.2, 0.25) is 0 Å². The van der Waals surface area contributed by atoms with Crippen LogP contribution in [0.4, 0.5) is 0 Å². The van der Waals surface area contributed by atoms with E-state index in [2.05, 4.69) is 4.90 Å². The first-order chi connectivity index (χ1) is 24.9. The molecule has 1 aliphatic heterocycles. The van der Waals surface area contributed by atoms with Crippen molar-refractivity contribution in [2.24, 2.45) is 0 Å². The Morgan fingerprint density at radius 2 is 1.50 bits per heavy atom. The van der Waals surface area contributed by atoms with Gasteiger partial charge in [0, 0.05) is 55.1 Å². The van der Waals surface area contributed by atoms with Crippen LogP contribution in [0.25, 0.3) is 0 Å². The Bertz CT molecular complexity index is 1990. The summed E-state index contributed by atoms with van der Waals surface area (Å²) >= 11 is 0. The quantitative estimate of drug-likeness (QED) is 0.156. The number of hydrogen-bond acceptors (Lipinski definition) is 11. The van der Waals surface area contributed by atoms with E-state index in [-0.39, 0.29) is 40.8 Å². The second-order valence-electron chi connectivity index (χ2n) is 13.9. The second-order valence-corrected chi connectivity index (χ2v) is 13.9. The van der Waals surface area contributed by atoms with Crippen LogP contribution in [0.15, 0.2) is 78.9 Å². The number of carbonyl (C=O) groups is 3. The lowest BCUT2D eigenvalue weighted by Gasteiger charge is -2.45. The van der Waals surface area contributed by atoms with Crippen molar-refractivity contribution in [1.29, 1.82) is 0 Å². The lowest BCUT2D eigenvalue weighted by molar-refractivity contribution is -0.259. The maximum Gasteiger partial charge on any atom is 0.202 e. The summed E-state index contributed by atoms with van der Waals surface area (Å²) in [5, 5.41) is 46.8. The number of Topliss-reactive ketones (excluding diaryl/α,β-unsaturated/α-hetero) is 1. The van der Waals surface area contributed by atoms with E-state index < -0.39 is 82.6 Å². The number of aromatic hydroxyl groups is 2. The van der Waals surface area contributed by atoms with Crippen LogP contribution in [-0.2, 0) is 33.8 Å². The Morgan fingerprint density at radius 3 is 2.10 bits per heavy atom. The van der Waals surface area contributed by atoms with E-state index in [1.165, 1.54) is 32.2 Å². The number of phenolic OH excluding ortho intramolecular Hbond substituents is 2. The number of hydrogen-bond donors (Lipinski definition) is 4. The van der Waals surface area contributed by atoms with Crippen LogP contribution in [0.5, 0.6) is 17.2 Å². The topological polar surface area (TPSA) is 163 Å². The van der Waals surface area contributed by atoms with Crippen LogP contribution in [0, 0.1) is 0 Å². The van der Waals surface area contributed by atoms with E-state index in [1.807, 2.05) is 60.7 Å². The van der Waals surface area contributed by atoms with Gasteiger partial charge in [0.2, 0.25) is 5.78 Å². The molecule has 4 unspecified atom stereocenters. The highest BCUT2D eigenvalue weighted by Gasteiger charge is 2.50. The predicted molar refractivity (Wildman–Crippen MR) is 188 cm³/mol. The van der Waals surface area contributed by atoms with Gasteiger partial charge in [-0.05, 0) is 31.0 Å². The summed E-state index contributed by atoms with van der Waals surface area (Å²) in [4.78, 5) is 42.9. The van der Waals surface area contributed by atoms with Crippen molar-refractivity contribution in [1.82, 2.24) is 4.90 Å². The Hall–Kier alpha value is -4.91. The fraction of sp³-hybridized carbons (Fsp3) is 0.341. The van der Waals surface area contributed by atoms with Gasteiger partial charge in [-0.25, -0.2) is 0 Å². The minimum absolute atomic E-state index is 0.0123. The van der Waals surface area contributed by atoms with Gasteiger partial charge in [-0.1, -0.05) is 72.8 Å². The molecule has 4 aromatic rings. The molecule has 0 radical (unpaired) electrons. The first-order valence-electron chi connectivity index (χ1n) is 17.3. The molecule has 0 spiro atoms. The molecule has 1 heterocycles. The maximum absolute atomic E-state index is 14.0. The number of aliphatic hydroxyl groups is 2. The molecule has 4 N–H and O–H groups in total. The second kappa shape index (κ2) is 13.9. The third kappa shape index (κ3) is 6.18. The van der Waals surface area contributed by atoms with E-state index in [0.29, 0.717) is 13.1 Å². The molecule has 0 bridgehead atoms. The molecule has 6 atom stereocenters. The molecule has 3 aliphatic rings. The number of phenols is 2. The summed E-state index contributed by atoms with van der Waals surface area (Å²) in [5.41, 5.74) is -0.954. The third-order valence-electron chi connectivity index (χ3n) is 10.6. The normalized spacial score (nSPS) is 25.3. The van der Waals surface area contributed by atoms with Crippen molar-refractivity contribution < 1.29 is 49.0 Å². The molecule has 1 saturated heterocycles. The van der Waals surface area contributed by atoms with E-state index in [0.717, 1.165) is 11.1 Å². The Labute approximate surface area is 301 Å². The number of methoxy groups -OCH3 is 1. The molecule has 4 aromatic carbocycles. The van der Waals surface area contributed by atoms with Gasteiger partial charge in [-0.2, -0.15) is 0 Å². The number of nitrogens with zero attached hydrogens (tertiary/aromatic N) is 1. The van der Waals surface area contributed by atoms with E-state index in [1.54, 1.807) is 6.92 Å². The fourth-order valence-corrected chi connectivity index (χ4v) is 7.89. The average Bonchev–Trinajstić information content (AvgIpc) is 3.13. The molecule has 1 fully saturated rings. The SMILES string of the molecule is COc1cccc2c1C(=O)c1c(O)c3c(c(O)c1C2=O)C[C@@](O)(C(C)=O)C[C@@H]3OC1CC(N(Cc2ccccc2)Cc2ccccc2)C(O)C(C)O1.